The molecular weight excluding hydrogens is 230 g/mol. The van der Waals surface area contributed by atoms with E-state index in [2.05, 4.69) is 5.32 Å². The largest absolute Gasteiger partial charge is 0.496 e. The van der Waals surface area contributed by atoms with E-state index < -0.39 is 6.04 Å². The maximum Gasteiger partial charge on any atom is 0.217 e. The highest BCUT2D eigenvalue weighted by molar-refractivity contribution is 5.74. The standard InChI is InChI=1S/C14H21NO3/c1-8-6-9(2)13(14(18-5)10(8)3)12(7-16)15-11(4)17/h6,12,16H,7H2,1-5H3,(H,15,17). The van der Waals surface area contributed by atoms with Gasteiger partial charge in [0, 0.05) is 12.5 Å². The number of carbonyl (C=O) groups excluding carboxylic acids is 1. The summed E-state index contributed by atoms with van der Waals surface area (Å²) >= 11 is 0. The topological polar surface area (TPSA) is 58.6 Å². The van der Waals surface area contributed by atoms with Gasteiger partial charge in [0.25, 0.3) is 0 Å². The number of ether oxygens (including phenoxy) is 1. The van der Waals surface area contributed by atoms with Crippen LogP contribution in [0.15, 0.2) is 6.07 Å². The summed E-state index contributed by atoms with van der Waals surface area (Å²) in [6.45, 7) is 7.22. The van der Waals surface area contributed by atoms with E-state index >= 15 is 0 Å². The SMILES string of the molecule is COc1c(C)c(C)cc(C)c1C(CO)NC(C)=O. The second kappa shape index (κ2) is 5.87. The molecule has 1 aromatic carbocycles. The lowest BCUT2D eigenvalue weighted by atomic mass is 9.94. The minimum atomic E-state index is -0.434. The van der Waals surface area contributed by atoms with Gasteiger partial charge in [0.15, 0.2) is 0 Å². The minimum Gasteiger partial charge on any atom is -0.496 e. The molecule has 4 nitrogen and oxygen atoms in total. The molecule has 2 N–H and O–H groups in total. The monoisotopic (exact) mass is 251 g/mol. The quantitative estimate of drug-likeness (QED) is 0.857. The van der Waals surface area contributed by atoms with Gasteiger partial charge in [0.1, 0.15) is 5.75 Å². The van der Waals surface area contributed by atoms with Gasteiger partial charge in [0.05, 0.1) is 19.8 Å². The highest BCUT2D eigenvalue weighted by atomic mass is 16.5. The van der Waals surface area contributed by atoms with Crippen LogP contribution in [0.2, 0.25) is 0 Å². The minimum absolute atomic E-state index is 0.153. The summed E-state index contributed by atoms with van der Waals surface area (Å²) in [6.07, 6.45) is 0. The van der Waals surface area contributed by atoms with Crippen molar-refractivity contribution in [2.45, 2.75) is 33.7 Å². The van der Waals surface area contributed by atoms with Crippen molar-refractivity contribution in [3.63, 3.8) is 0 Å². The number of hydrogen-bond acceptors (Lipinski definition) is 3. The first kappa shape index (κ1) is 14.5. The average molecular weight is 251 g/mol. The highest BCUT2D eigenvalue weighted by Gasteiger charge is 2.21. The van der Waals surface area contributed by atoms with Crippen molar-refractivity contribution in [3.8, 4) is 5.75 Å². The van der Waals surface area contributed by atoms with Crippen LogP contribution in [0.25, 0.3) is 0 Å². The van der Waals surface area contributed by atoms with Crippen LogP contribution in [-0.2, 0) is 4.79 Å². The molecule has 1 amide bonds. The molecule has 0 saturated carbocycles. The number of carbonyl (C=O) groups is 1. The second-order valence-corrected chi connectivity index (χ2v) is 4.52. The number of benzene rings is 1. The van der Waals surface area contributed by atoms with Crippen LogP contribution in [-0.4, -0.2) is 24.7 Å². The van der Waals surface area contributed by atoms with E-state index in [-0.39, 0.29) is 12.5 Å². The van der Waals surface area contributed by atoms with Gasteiger partial charge in [-0.3, -0.25) is 4.79 Å². The number of rotatable bonds is 4. The third-order valence-electron chi connectivity index (χ3n) is 3.15. The Morgan fingerprint density at radius 1 is 1.39 bits per heavy atom. The molecule has 0 heterocycles. The Morgan fingerprint density at radius 3 is 2.44 bits per heavy atom. The Labute approximate surface area is 108 Å². The summed E-state index contributed by atoms with van der Waals surface area (Å²) in [5.41, 5.74) is 4.01. The van der Waals surface area contributed by atoms with E-state index in [1.165, 1.54) is 6.92 Å². The predicted octanol–water partition coefficient (Wildman–Crippen LogP) is 1.79. The van der Waals surface area contributed by atoms with Gasteiger partial charge in [-0.25, -0.2) is 0 Å². The third-order valence-corrected chi connectivity index (χ3v) is 3.15. The van der Waals surface area contributed by atoms with Crippen molar-refractivity contribution < 1.29 is 14.6 Å². The Morgan fingerprint density at radius 2 is 2.00 bits per heavy atom. The van der Waals surface area contributed by atoms with E-state index in [1.54, 1.807) is 7.11 Å². The molecule has 0 aliphatic rings. The lowest BCUT2D eigenvalue weighted by Crippen LogP contribution is -2.29. The smallest absolute Gasteiger partial charge is 0.217 e. The molecule has 1 aromatic rings. The highest BCUT2D eigenvalue weighted by Crippen LogP contribution is 2.33. The maximum absolute atomic E-state index is 11.2. The van der Waals surface area contributed by atoms with Crippen molar-refractivity contribution in [2.75, 3.05) is 13.7 Å². The number of methoxy groups -OCH3 is 1. The molecule has 0 spiro atoms. The van der Waals surface area contributed by atoms with E-state index in [4.69, 9.17) is 4.74 Å². The zero-order valence-corrected chi connectivity index (χ0v) is 11.6. The fourth-order valence-corrected chi connectivity index (χ4v) is 2.22. The molecule has 0 aliphatic carbocycles. The van der Waals surface area contributed by atoms with Gasteiger partial charge in [0.2, 0.25) is 5.91 Å². The fourth-order valence-electron chi connectivity index (χ4n) is 2.22. The first-order valence-corrected chi connectivity index (χ1v) is 5.95. The number of amides is 1. The van der Waals surface area contributed by atoms with Crippen molar-refractivity contribution in [1.29, 1.82) is 0 Å². The first-order chi connectivity index (χ1) is 8.42. The summed E-state index contributed by atoms with van der Waals surface area (Å²) in [5.74, 6) is 0.564. The van der Waals surface area contributed by atoms with Crippen molar-refractivity contribution in [2.24, 2.45) is 0 Å². The van der Waals surface area contributed by atoms with Crippen molar-refractivity contribution >= 4 is 5.91 Å². The summed E-state index contributed by atoms with van der Waals surface area (Å²) in [4.78, 5) is 11.2. The van der Waals surface area contributed by atoms with Crippen LogP contribution < -0.4 is 10.1 Å². The molecule has 0 radical (unpaired) electrons. The Kier molecular flexibility index (Phi) is 4.73. The number of hydrogen-bond donors (Lipinski definition) is 2. The molecule has 4 heteroatoms. The van der Waals surface area contributed by atoms with Gasteiger partial charge in [-0.15, -0.1) is 0 Å². The van der Waals surface area contributed by atoms with E-state index in [0.717, 1.165) is 28.0 Å². The molecule has 1 rings (SSSR count). The fraction of sp³-hybridized carbons (Fsp3) is 0.500. The Balaban J connectivity index is 3.36. The van der Waals surface area contributed by atoms with Crippen LogP contribution in [0, 0.1) is 20.8 Å². The lowest BCUT2D eigenvalue weighted by Gasteiger charge is -2.23. The van der Waals surface area contributed by atoms with Gasteiger partial charge >= 0.3 is 0 Å². The summed E-state index contributed by atoms with van der Waals surface area (Å²) in [7, 11) is 1.60. The number of aliphatic hydroxyl groups excluding tert-OH is 1. The van der Waals surface area contributed by atoms with Crippen LogP contribution >= 0.6 is 0 Å². The molecule has 18 heavy (non-hydrogen) atoms. The maximum atomic E-state index is 11.2. The van der Waals surface area contributed by atoms with Crippen LogP contribution in [0.4, 0.5) is 0 Å². The van der Waals surface area contributed by atoms with Crippen molar-refractivity contribution in [3.05, 3.63) is 28.3 Å². The molecule has 1 atom stereocenters. The first-order valence-electron chi connectivity index (χ1n) is 5.95. The molecule has 0 aromatic heterocycles. The average Bonchev–Trinajstić information content (AvgIpc) is 2.30. The summed E-state index contributed by atoms with van der Waals surface area (Å²) in [6, 6.07) is 1.61. The van der Waals surface area contributed by atoms with Crippen LogP contribution in [0.5, 0.6) is 5.75 Å². The zero-order chi connectivity index (χ0) is 13.9. The van der Waals surface area contributed by atoms with E-state index in [0.29, 0.717) is 0 Å². The van der Waals surface area contributed by atoms with Gasteiger partial charge in [-0.2, -0.15) is 0 Å². The molecule has 100 valence electrons. The number of aliphatic hydroxyl groups is 1. The molecule has 1 unspecified atom stereocenters. The molecular formula is C14H21NO3. The van der Waals surface area contributed by atoms with Gasteiger partial charge < -0.3 is 15.2 Å². The molecule has 0 bridgehead atoms. The lowest BCUT2D eigenvalue weighted by molar-refractivity contribution is -0.120. The predicted molar refractivity (Wildman–Crippen MR) is 70.8 cm³/mol. The third kappa shape index (κ3) is 2.82. The molecule has 0 saturated heterocycles. The van der Waals surface area contributed by atoms with Gasteiger partial charge in [-0.05, 0) is 37.5 Å². The zero-order valence-electron chi connectivity index (χ0n) is 11.6. The number of aryl methyl sites for hydroxylation is 2. The Hall–Kier alpha value is -1.55. The van der Waals surface area contributed by atoms with Gasteiger partial charge in [-0.1, -0.05) is 6.07 Å². The van der Waals surface area contributed by atoms with Crippen LogP contribution in [0.1, 0.15) is 35.2 Å². The molecule has 0 fully saturated rings. The number of nitrogens with one attached hydrogen (secondary N) is 1. The van der Waals surface area contributed by atoms with Crippen LogP contribution in [0.3, 0.4) is 0 Å². The normalized spacial score (nSPS) is 12.1. The summed E-state index contributed by atoms with van der Waals surface area (Å²) in [5, 5.41) is 12.2. The van der Waals surface area contributed by atoms with E-state index in [9.17, 15) is 9.90 Å². The molecule has 0 aliphatic heterocycles. The summed E-state index contributed by atoms with van der Waals surface area (Å²) < 4.78 is 5.44. The van der Waals surface area contributed by atoms with E-state index in [1.807, 2.05) is 26.8 Å². The Bertz CT molecular complexity index is 455. The second-order valence-electron chi connectivity index (χ2n) is 4.52. The van der Waals surface area contributed by atoms with Crippen molar-refractivity contribution in [1.82, 2.24) is 5.32 Å².